The van der Waals surface area contributed by atoms with E-state index < -0.39 is 0 Å². The summed E-state index contributed by atoms with van der Waals surface area (Å²) in [5.74, 6) is 1.56. The van der Waals surface area contributed by atoms with Crippen LogP contribution in [0.25, 0.3) is 0 Å². The number of carbonyl (C=O) groups is 1. The molecule has 5 heteroatoms. The van der Waals surface area contributed by atoms with Crippen LogP contribution in [0.3, 0.4) is 0 Å². The van der Waals surface area contributed by atoms with Crippen molar-refractivity contribution >= 4 is 11.6 Å². The molecule has 0 saturated carbocycles. The van der Waals surface area contributed by atoms with Crippen LogP contribution in [0.5, 0.6) is 11.5 Å². The van der Waals surface area contributed by atoms with E-state index in [1.165, 1.54) is 0 Å². The minimum absolute atomic E-state index is 0.00552. The quantitative estimate of drug-likeness (QED) is 0.864. The standard InChI is InChI=1S/C21H26N2O3/c1-4-17-7-5-6-15(2)21(17)22-20(24)14-23(3)13-16-8-9-18-19(12-16)26-11-10-25-18/h5-9,12H,4,10-11,13-14H2,1-3H3,(H,22,24). The SMILES string of the molecule is CCc1cccc(C)c1NC(=O)CN(C)Cc1ccc2c(c1)OCCO2. The summed E-state index contributed by atoms with van der Waals surface area (Å²) in [4.78, 5) is 14.5. The third kappa shape index (κ3) is 4.35. The van der Waals surface area contributed by atoms with Gasteiger partial charge in [-0.1, -0.05) is 31.2 Å². The zero-order valence-corrected chi connectivity index (χ0v) is 15.7. The molecule has 0 radical (unpaired) electrons. The molecule has 1 N–H and O–H groups in total. The zero-order chi connectivity index (χ0) is 18.5. The highest BCUT2D eigenvalue weighted by atomic mass is 16.6. The number of nitrogens with zero attached hydrogens (tertiary/aromatic N) is 1. The van der Waals surface area contributed by atoms with Crippen molar-refractivity contribution in [1.29, 1.82) is 0 Å². The third-order valence-electron chi connectivity index (χ3n) is 4.48. The molecule has 0 fully saturated rings. The molecule has 0 bridgehead atoms. The molecule has 2 aromatic carbocycles. The summed E-state index contributed by atoms with van der Waals surface area (Å²) < 4.78 is 11.2. The number of benzene rings is 2. The lowest BCUT2D eigenvalue weighted by Gasteiger charge is -2.21. The summed E-state index contributed by atoms with van der Waals surface area (Å²) in [6.45, 7) is 6.27. The van der Waals surface area contributed by atoms with E-state index in [1.54, 1.807) is 0 Å². The Balaban J connectivity index is 1.60. The first kappa shape index (κ1) is 18.3. The number of likely N-dealkylation sites (N-methyl/N-ethyl adjacent to an activating group) is 1. The van der Waals surface area contributed by atoms with E-state index in [0.29, 0.717) is 26.3 Å². The summed E-state index contributed by atoms with van der Waals surface area (Å²) in [5.41, 5.74) is 4.28. The van der Waals surface area contributed by atoms with Crippen LogP contribution in [-0.4, -0.2) is 37.6 Å². The molecule has 1 amide bonds. The second-order valence-electron chi connectivity index (χ2n) is 6.66. The number of para-hydroxylation sites is 1. The van der Waals surface area contributed by atoms with Crippen LogP contribution < -0.4 is 14.8 Å². The second kappa shape index (κ2) is 8.23. The number of hydrogen-bond acceptors (Lipinski definition) is 4. The molecule has 26 heavy (non-hydrogen) atoms. The van der Waals surface area contributed by atoms with Crippen molar-refractivity contribution in [3.63, 3.8) is 0 Å². The van der Waals surface area contributed by atoms with Gasteiger partial charge in [0, 0.05) is 12.2 Å². The Kier molecular flexibility index (Phi) is 5.78. The lowest BCUT2D eigenvalue weighted by atomic mass is 10.1. The van der Waals surface area contributed by atoms with E-state index in [2.05, 4.69) is 18.3 Å². The van der Waals surface area contributed by atoms with Crippen LogP contribution in [0.4, 0.5) is 5.69 Å². The van der Waals surface area contributed by atoms with Crippen molar-refractivity contribution < 1.29 is 14.3 Å². The topological polar surface area (TPSA) is 50.8 Å². The highest BCUT2D eigenvalue weighted by molar-refractivity contribution is 5.93. The van der Waals surface area contributed by atoms with Gasteiger partial charge in [-0.25, -0.2) is 0 Å². The first-order chi connectivity index (χ1) is 12.6. The number of amides is 1. The van der Waals surface area contributed by atoms with Gasteiger partial charge in [0.25, 0.3) is 0 Å². The van der Waals surface area contributed by atoms with Crippen LogP contribution in [0.15, 0.2) is 36.4 Å². The summed E-state index contributed by atoms with van der Waals surface area (Å²) in [6, 6.07) is 12.0. The number of rotatable bonds is 6. The summed E-state index contributed by atoms with van der Waals surface area (Å²) in [7, 11) is 1.94. The number of ether oxygens (including phenoxy) is 2. The van der Waals surface area contributed by atoms with Crippen LogP contribution in [0.2, 0.25) is 0 Å². The maximum atomic E-state index is 12.5. The van der Waals surface area contributed by atoms with E-state index >= 15 is 0 Å². The van der Waals surface area contributed by atoms with Gasteiger partial charge in [0.15, 0.2) is 11.5 Å². The number of fused-ring (bicyclic) bond motifs is 1. The Morgan fingerprint density at radius 1 is 1.15 bits per heavy atom. The molecule has 1 aliphatic heterocycles. The lowest BCUT2D eigenvalue weighted by molar-refractivity contribution is -0.117. The molecular formula is C21H26N2O3. The molecule has 0 spiro atoms. The number of anilines is 1. The summed E-state index contributed by atoms with van der Waals surface area (Å²) in [6.07, 6.45) is 0.893. The Hall–Kier alpha value is -2.53. The van der Waals surface area contributed by atoms with Gasteiger partial charge in [0.05, 0.1) is 6.54 Å². The van der Waals surface area contributed by atoms with Gasteiger partial charge in [-0.15, -0.1) is 0 Å². The normalized spacial score (nSPS) is 12.9. The van der Waals surface area contributed by atoms with Gasteiger partial charge >= 0.3 is 0 Å². The van der Waals surface area contributed by atoms with E-state index in [4.69, 9.17) is 9.47 Å². The van der Waals surface area contributed by atoms with Gasteiger partial charge in [0.1, 0.15) is 13.2 Å². The van der Waals surface area contributed by atoms with Gasteiger partial charge in [0.2, 0.25) is 5.91 Å². The van der Waals surface area contributed by atoms with E-state index in [-0.39, 0.29) is 5.91 Å². The molecule has 3 rings (SSSR count). The largest absolute Gasteiger partial charge is 0.486 e. The minimum atomic E-state index is -0.00552. The van der Waals surface area contributed by atoms with E-state index in [0.717, 1.165) is 40.3 Å². The van der Waals surface area contributed by atoms with Crippen molar-refractivity contribution in [2.45, 2.75) is 26.8 Å². The van der Waals surface area contributed by atoms with E-state index in [1.807, 2.05) is 49.2 Å². The van der Waals surface area contributed by atoms with Crippen LogP contribution in [0, 0.1) is 6.92 Å². The van der Waals surface area contributed by atoms with Crippen molar-refractivity contribution in [1.82, 2.24) is 4.90 Å². The van der Waals surface area contributed by atoms with Gasteiger partial charge < -0.3 is 14.8 Å². The molecule has 1 heterocycles. The molecule has 2 aromatic rings. The molecule has 0 aliphatic carbocycles. The molecule has 0 unspecified atom stereocenters. The van der Waals surface area contributed by atoms with Gasteiger partial charge in [-0.2, -0.15) is 0 Å². The van der Waals surface area contributed by atoms with Crippen LogP contribution in [0.1, 0.15) is 23.6 Å². The van der Waals surface area contributed by atoms with Crippen LogP contribution >= 0.6 is 0 Å². The van der Waals surface area contributed by atoms with Crippen molar-refractivity contribution in [2.75, 3.05) is 32.1 Å². The van der Waals surface area contributed by atoms with Gasteiger partial charge in [-0.05, 0) is 49.2 Å². The highest BCUT2D eigenvalue weighted by Gasteiger charge is 2.14. The molecular weight excluding hydrogens is 328 g/mol. The maximum absolute atomic E-state index is 12.5. The molecule has 5 nitrogen and oxygen atoms in total. The zero-order valence-electron chi connectivity index (χ0n) is 15.7. The molecule has 0 atom stereocenters. The Morgan fingerprint density at radius 3 is 2.69 bits per heavy atom. The lowest BCUT2D eigenvalue weighted by Crippen LogP contribution is -2.30. The number of carbonyl (C=O) groups excluding carboxylic acids is 1. The third-order valence-corrected chi connectivity index (χ3v) is 4.48. The molecule has 0 aromatic heterocycles. The fourth-order valence-corrected chi connectivity index (χ4v) is 3.18. The minimum Gasteiger partial charge on any atom is -0.486 e. The fourth-order valence-electron chi connectivity index (χ4n) is 3.18. The molecule has 1 aliphatic rings. The van der Waals surface area contributed by atoms with Crippen molar-refractivity contribution in [2.24, 2.45) is 0 Å². The Bertz CT molecular complexity index is 789. The molecule has 138 valence electrons. The van der Waals surface area contributed by atoms with Gasteiger partial charge in [-0.3, -0.25) is 9.69 Å². The summed E-state index contributed by atoms with van der Waals surface area (Å²) in [5, 5.41) is 3.07. The average molecular weight is 354 g/mol. The Morgan fingerprint density at radius 2 is 1.92 bits per heavy atom. The smallest absolute Gasteiger partial charge is 0.238 e. The fraction of sp³-hybridized carbons (Fsp3) is 0.381. The second-order valence-corrected chi connectivity index (χ2v) is 6.66. The first-order valence-corrected chi connectivity index (χ1v) is 9.02. The highest BCUT2D eigenvalue weighted by Crippen LogP contribution is 2.31. The predicted molar refractivity (Wildman–Crippen MR) is 103 cm³/mol. The van der Waals surface area contributed by atoms with Crippen molar-refractivity contribution in [3.8, 4) is 11.5 Å². The summed E-state index contributed by atoms with van der Waals surface area (Å²) >= 11 is 0. The average Bonchev–Trinajstić information content (AvgIpc) is 2.63. The number of nitrogens with one attached hydrogen (secondary N) is 1. The van der Waals surface area contributed by atoms with Crippen LogP contribution in [-0.2, 0) is 17.8 Å². The molecule has 0 saturated heterocycles. The predicted octanol–water partition coefficient (Wildman–Crippen LogP) is 3.40. The van der Waals surface area contributed by atoms with Crippen molar-refractivity contribution in [3.05, 3.63) is 53.1 Å². The number of hydrogen-bond donors (Lipinski definition) is 1. The number of aryl methyl sites for hydroxylation is 2. The Labute approximate surface area is 154 Å². The first-order valence-electron chi connectivity index (χ1n) is 9.02. The van der Waals surface area contributed by atoms with E-state index in [9.17, 15) is 4.79 Å². The maximum Gasteiger partial charge on any atom is 0.238 e. The monoisotopic (exact) mass is 354 g/mol.